The van der Waals surface area contributed by atoms with Crippen LogP contribution in [0.3, 0.4) is 0 Å². The van der Waals surface area contributed by atoms with Gasteiger partial charge >= 0.3 is 5.97 Å². The lowest BCUT2D eigenvalue weighted by Gasteiger charge is -2.18. The Balaban J connectivity index is 1.78. The fourth-order valence-corrected chi connectivity index (χ4v) is 2.72. The van der Waals surface area contributed by atoms with Crippen LogP contribution in [0.4, 0.5) is 0 Å². The van der Waals surface area contributed by atoms with Gasteiger partial charge in [-0.1, -0.05) is 12.1 Å². The van der Waals surface area contributed by atoms with E-state index in [-0.39, 0.29) is 5.76 Å². The minimum Gasteiger partial charge on any atom is -0.475 e. The number of aromatic carboxylic acids is 1. The number of fused-ring (bicyclic) bond motifs is 1. The highest BCUT2D eigenvalue weighted by molar-refractivity contribution is 5.84. The van der Waals surface area contributed by atoms with Crippen LogP contribution in [-0.2, 0) is 26.1 Å². The van der Waals surface area contributed by atoms with Crippen molar-refractivity contribution in [2.45, 2.75) is 39.4 Å². The highest BCUT2D eigenvalue weighted by Gasteiger charge is 2.20. The number of carbonyl (C=O) groups is 1. The number of carboxylic acid groups (broad SMARTS) is 1. The van der Waals surface area contributed by atoms with Gasteiger partial charge in [0.25, 0.3) is 0 Å². The first kappa shape index (κ1) is 13.8. The molecular weight excluding hydrogens is 272 g/mol. The molecule has 0 radical (unpaired) electrons. The van der Waals surface area contributed by atoms with Crippen molar-refractivity contribution in [1.82, 2.24) is 19.9 Å². The Hall–Kier alpha value is -2.15. The molecule has 0 fully saturated rings. The van der Waals surface area contributed by atoms with E-state index >= 15 is 0 Å². The second-order valence-corrected chi connectivity index (χ2v) is 5.23. The van der Waals surface area contributed by atoms with E-state index in [1.54, 1.807) is 12.3 Å². The topological polar surface area (TPSA) is 84.4 Å². The van der Waals surface area contributed by atoms with Gasteiger partial charge in [0, 0.05) is 38.2 Å². The van der Waals surface area contributed by atoms with E-state index < -0.39 is 5.97 Å². The summed E-state index contributed by atoms with van der Waals surface area (Å²) in [7, 11) is 0. The lowest BCUT2D eigenvalue weighted by atomic mass is 10.2. The molecule has 0 unspecified atom stereocenters. The highest BCUT2D eigenvalue weighted by atomic mass is 16.4. The third-order valence-corrected chi connectivity index (χ3v) is 3.75. The van der Waals surface area contributed by atoms with Crippen LogP contribution in [0.1, 0.15) is 40.9 Å². The monoisotopic (exact) mass is 290 g/mol. The average Bonchev–Trinajstić information content (AvgIpc) is 3.02. The summed E-state index contributed by atoms with van der Waals surface area (Å²) >= 11 is 0. The van der Waals surface area contributed by atoms with E-state index in [2.05, 4.69) is 15.2 Å². The number of hydrogen-bond acceptors (Lipinski definition) is 5. The molecule has 0 amide bonds. The van der Waals surface area contributed by atoms with Crippen LogP contribution in [-0.4, -0.2) is 37.5 Å². The van der Waals surface area contributed by atoms with Crippen molar-refractivity contribution < 1.29 is 14.3 Å². The van der Waals surface area contributed by atoms with Gasteiger partial charge in [-0.2, -0.15) is 0 Å². The summed E-state index contributed by atoms with van der Waals surface area (Å²) in [5, 5.41) is 17.0. The molecule has 0 saturated carbocycles. The Morgan fingerprint density at radius 2 is 2.33 bits per heavy atom. The van der Waals surface area contributed by atoms with Gasteiger partial charge in [-0.25, -0.2) is 9.48 Å². The molecule has 1 aliphatic heterocycles. The first-order chi connectivity index (χ1) is 10.2. The Bertz CT molecular complexity index is 646. The van der Waals surface area contributed by atoms with Crippen LogP contribution in [0.2, 0.25) is 0 Å². The predicted molar refractivity (Wildman–Crippen MR) is 73.8 cm³/mol. The van der Waals surface area contributed by atoms with Crippen LogP contribution in [0, 0.1) is 0 Å². The van der Waals surface area contributed by atoms with Gasteiger partial charge in [0.2, 0.25) is 5.76 Å². The number of aryl methyl sites for hydroxylation is 2. The summed E-state index contributed by atoms with van der Waals surface area (Å²) in [6.45, 7) is 5.24. The second-order valence-electron chi connectivity index (χ2n) is 5.23. The van der Waals surface area contributed by atoms with Crippen LogP contribution >= 0.6 is 0 Å². The van der Waals surface area contributed by atoms with E-state index in [1.165, 1.54) is 0 Å². The second kappa shape index (κ2) is 5.69. The van der Waals surface area contributed by atoms with Gasteiger partial charge in [0.1, 0.15) is 5.76 Å². The lowest BCUT2D eigenvalue weighted by molar-refractivity contribution is 0.0660. The quantitative estimate of drug-likeness (QED) is 0.919. The van der Waals surface area contributed by atoms with E-state index in [0.717, 1.165) is 43.1 Å². The van der Waals surface area contributed by atoms with Gasteiger partial charge < -0.3 is 9.52 Å². The molecule has 2 aromatic rings. The van der Waals surface area contributed by atoms with E-state index in [4.69, 9.17) is 9.52 Å². The van der Waals surface area contributed by atoms with Crippen molar-refractivity contribution in [2.75, 3.05) is 6.54 Å². The predicted octanol–water partition coefficient (Wildman–Crippen LogP) is 1.54. The third-order valence-electron chi connectivity index (χ3n) is 3.75. The lowest BCUT2D eigenvalue weighted by Crippen LogP contribution is -2.23. The van der Waals surface area contributed by atoms with Gasteiger partial charge in [-0.05, 0) is 12.5 Å². The van der Waals surface area contributed by atoms with Crippen LogP contribution < -0.4 is 0 Å². The Kier molecular flexibility index (Phi) is 3.74. The molecule has 0 bridgehead atoms. The zero-order valence-corrected chi connectivity index (χ0v) is 11.9. The summed E-state index contributed by atoms with van der Waals surface area (Å²) in [4.78, 5) is 13.3. The van der Waals surface area contributed by atoms with Crippen molar-refractivity contribution in [3.8, 4) is 0 Å². The van der Waals surface area contributed by atoms with Gasteiger partial charge in [-0.3, -0.25) is 4.90 Å². The number of carboxylic acids is 1. The standard InChI is InChI=1S/C14H18N4O3/c1-2-12-10(6-13(21-12)14(19)20)8-17-4-3-5-18-11(9-17)7-15-16-18/h6-7H,2-5,8-9H2,1H3,(H,19,20). The van der Waals surface area contributed by atoms with Gasteiger partial charge in [0.15, 0.2) is 0 Å². The summed E-state index contributed by atoms with van der Waals surface area (Å²) in [5.74, 6) is -0.249. The van der Waals surface area contributed by atoms with E-state index in [0.29, 0.717) is 13.0 Å². The minimum atomic E-state index is -1.02. The Labute approximate surface area is 122 Å². The molecular formula is C14H18N4O3. The van der Waals surface area contributed by atoms with Gasteiger partial charge in [-0.15, -0.1) is 5.10 Å². The maximum absolute atomic E-state index is 11.0. The maximum Gasteiger partial charge on any atom is 0.371 e. The SMILES string of the molecule is CCc1oc(C(=O)O)cc1CN1CCCn2nncc2C1. The molecule has 21 heavy (non-hydrogen) atoms. The fraction of sp³-hybridized carbons (Fsp3) is 0.500. The minimum absolute atomic E-state index is 0.0170. The number of nitrogens with zero attached hydrogens (tertiary/aromatic N) is 4. The first-order valence-electron chi connectivity index (χ1n) is 7.12. The fourth-order valence-electron chi connectivity index (χ4n) is 2.72. The van der Waals surface area contributed by atoms with Crippen molar-refractivity contribution in [3.05, 3.63) is 35.0 Å². The molecule has 1 N–H and O–H groups in total. The molecule has 0 atom stereocenters. The molecule has 7 heteroatoms. The van der Waals surface area contributed by atoms with Crippen LogP contribution in [0.15, 0.2) is 16.7 Å². The summed E-state index contributed by atoms with van der Waals surface area (Å²) in [6.07, 6.45) is 3.48. The summed E-state index contributed by atoms with van der Waals surface area (Å²) < 4.78 is 7.33. The van der Waals surface area contributed by atoms with E-state index in [9.17, 15) is 4.79 Å². The normalized spacial score (nSPS) is 15.7. The Morgan fingerprint density at radius 1 is 1.48 bits per heavy atom. The number of hydrogen-bond donors (Lipinski definition) is 1. The van der Waals surface area contributed by atoms with Crippen molar-refractivity contribution in [1.29, 1.82) is 0 Å². The number of rotatable bonds is 4. The first-order valence-corrected chi connectivity index (χ1v) is 7.12. The maximum atomic E-state index is 11.0. The third kappa shape index (κ3) is 2.82. The molecule has 0 aromatic carbocycles. The molecule has 0 aliphatic carbocycles. The number of aromatic nitrogens is 3. The smallest absolute Gasteiger partial charge is 0.371 e. The van der Waals surface area contributed by atoms with Crippen LogP contribution in [0.25, 0.3) is 0 Å². The number of furan rings is 1. The zero-order chi connectivity index (χ0) is 14.8. The van der Waals surface area contributed by atoms with Crippen LogP contribution in [0.5, 0.6) is 0 Å². The van der Waals surface area contributed by atoms with E-state index in [1.807, 2.05) is 11.6 Å². The average molecular weight is 290 g/mol. The molecule has 2 aromatic heterocycles. The molecule has 3 rings (SSSR count). The molecule has 0 spiro atoms. The van der Waals surface area contributed by atoms with Gasteiger partial charge in [0.05, 0.1) is 11.9 Å². The van der Waals surface area contributed by atoms with Crippen molar-refractivity contribution in [2.24, 2.45) is 0 Å². The Morgan fingerprint density at radius 3 is 3.10 bits per heavy atom. The highest BCUT2D eigenvalue weighted by Crippen LogP contribution is 2.20. The molecule has 3 heterocycles. The molecule has 112 valence electrons. The molecule has 7 nitrogen and oxygen atoms in total. The summed E-state index contributed by atoms with van der Waals surface area (Å²) in [5.41, 5.74) is 2.04. The molecule has 0 saturated heterocycles. The van der Waals surface area contributed by atoms with Crippen molar-refractivity contribution in [3.63, 3.8) is 0 Å². The zero-order valence-electron chi connectivity index (χ0n) is 11.9. The summed E-state index contributed by atoms with van der Waals surface area (Å²) in [6, 6.07) is 1.64. The molecule has 1 aliphatic rings. The largest absolute Gasteiger partial charge is 0.475 e. The van der Waals surface area contributed by atoms with Crippen molar-refractivity contribution >= 4 is 5.97 Å².